The van der Waals surface area contributed by atoms with Gasteiger partial charge in [-0.2, -0.15) is 0 Å². The summed E-state index contributed by atoms with van der Waals surface area (Å²) in [6.07, 6.45) is 1.61. The molecule has 39 heavy (non-hydrogen) atoms. The van der Waals surface area contributed by atoms with Gasteiger partial charge >= 0.3 is 6.03 Å². The van der Waals surface area contributed by atoms with E-state index in [0.29, 0.717) is 28.5 Å². The Bertz CT molecular complexity index is 1560. The molecule has 3 aromatic carbocycles. The van der Waals surface area contributed by atoms with Crippen LogP contribution in [0.3, 0.4) is 0 Å². The molecule has 1 aliphatic rings. The number of carbonyl (C=O) groups excluding carboxylic acids is 2. The van der Waals surface area contributed by atoms with Gasteiger partial charge in [-0.1, -0.05) is 18.2 Å². The minimum atomic E-state index is -2.40. The van der Waals surface area contributed by atoms with Gasteiger partial charge in [-0.05, 0) is 48.5 Å². The zero-order chi connectivity index (χ0) is 27.5. The molecule has 12 heteroatoms. The third kappa shape index (κ3) is 5.56. The van der Waals surface area contributed by atoms with Gasteiger partial charge in [0.25, 0.3) is 17.2 Å². The van der Waals surface area contributed by atoms with E-state index in [9.17, 15) is 27.1 Å². The number of urea groups is 1. The minimum absolute atomic E-state index is 0.128. The van der Waals surface area contributed by atoms with E-state index in [1.807, 2.05) is 12.1 Å². The molecule has 0 bridgehead atoms. The number of nitrogens with one attached hydrogen (secondary N) is 1. The lowest BCUT2D eigenvalue weighted by molar-refractivity contribution is 0.0671. The topological polar surface area (TPSA) is 106 Å². The Kier molecular flexibility index (Phi) is 7.48. The van der Waals surface area contributed by atoms with E-state index in [2.05, 4.69) is 10.3 Å². The van der Waals surface area contributed by atoms with Crippen molar-refractivity contribution < 1.29 is 27.1 Å². The number of pyridine rings is 1. The Hall–Kier alpha value is -4.42. The highest BCUT2D eigenvalue weighted by Crippen LogP contribution is 2.32. The summed E-state index contributed by atoms with van der Waals surface area (Å²) in [4.78, 5) is 33.0. The summed E-state index contributed by atoms with van der Waals surface area (Å²) in [5.41, 5.74) is 1.66. The first kappa shape index (κ1) is 26.2. The molecule has 1 saturated heterocycles. The van der Waals surface area contributed by atoms with Gasteiger partial charge in [0.15, 0.2) is 0 Å². The van der Waals surface area contributed by atoms with Crippen molar-refractivity contribution in [1.82, 2.24) is 14.8 Å². The van der Waals surface area contributed by atoms with Gasteiger partial charge in [-0.15, -0.1) is 0 Å². The van der Waals surface area contributed by atoms with Crippen LogP contribution >= 0.6 is 0 Å². The second kappa shape index (κ2) is 11.1. The third-order valence-electron chi connectivity index (χ3n) is 6.36. The molecule has 200 valence electrons. The van der Waals surface area contributed by atoms with E-state index >= 15 is 0 Å². The van der Waals surface area contributed by atoms with Gasteiger partial charge in [0.05, 0.1) is 22.6 Å². The second-order valence-electron chi connectivity index (χ2n) is 8.76. The van der Waals surface area contributed by atoms with E-state index < -0.39 is 28.9 Å². The summed E-state index contributed by atoms with van der Waals surface area (Å²) in [5.74, 6) is -1.87. The van der Waals surface area contributed by atoms with Crippen LogP contribution < -0.4 is 9.62 Å². The van der Waals surface area contributed by atoms with Crippen molar-refractivity contribution in [2.45, 2.75) is 0 Å². The first-order valence-electron chi connectivity index (χ1n) is 12.0. The number of rotatable bonds is 5. The summed E-state index contributed by atoms with van der Waals surface area (Å²) in [6, 6.07) is 17.6. The monoisotopic (exact) mass is 551 g/mol. The summed E-state index contributed by atoms with van der Waals surface area (Å²) in [5, 5.41) is 3.23. The maximum atomic E-state index is 13.9. The molecule has 0 radical (unpaired) electrons. The van der Waals surface area contributed by atoms with Crippen molar-refractivity contribution in [3.63, 3.8) is 0 Å². The molecule has 4 aromatic rings. The van der Waals surface area contributed by atoms with Gasteiger partial charge in [-0.3, -0.25) is 14.3 Å². The number of carbonyl (C=O) groups is 2. The average molecular weight is 552 g/mol. The normalized spacial score (nSPS) is 14.2. The fourth-order valence-electron chi connectivity index (χ4n) is 4.39. The first-order valence-corrected chi connectivity index (χ1v) is 13.0. The Morgan fingerprint density at radius 1 is 0.923 bits per heavy atom. The Balaban J connectivity index is 1.25. The molecular weight excluding hydrogens is 528 g/mol. The van der Waals surface area contributed by atoms with Crippen molar-refractivity contribution in [2.24, 2.45) is 0 Å². The number of para-hydroxylation sites is 1. The van der Waals surface area contributed by atoms with E-state index in [0.717, 1.165) is 17.5 Å². The predicted molar refractivity (Wildman–Crippen MR) is 144 cm³/mol. The number of halogens is 2. The van der Waals surface area contributed by atoms with Gasteiger partial charge in [0.1, 0.15) is 11.6 Å². The number of benzene rings is 3. The molecule has 3 amide bonds. The summed E-state index contributed by atoms with van der Waals surface area (Å²) in [7, 11) is 0. The fraction of sp³-hybridized carbons (Fsp3) is 0.148. The van der Waals surface area contributed by atoms with Crippen molar-refractivity contribution >= 4 is 51.2 Å². The van der Waals surface area contributed by atoms with Crippen LogP contribution in [0, 0.1) is 11.6 Å². The number of hydrogen-bond donors (Lipinski definition) is 2. The highest BCUT2D eigenvalue weighted by molar-refractivity contribution is 7.81. The number of anilines is 3. The number of hydrogen-bond acceptors (Lipinski definition) is 4. The minimum Gasteiger partial charge on any atom is -0.335 e. The lowest BCUT2D eigenvalue weighted by atomic mass is 10.1. The van der Waals surface area contributed by atoms with E-state index in [1.165, 1.54) is 9.21 Å². The Morgan fingerprint density at radius 2 is 1.62 bits per heavy atom. The van der Waals surface area contributed by atoms with Crippen LogP contribution in [-0.4, -0.2) is 61.7 Å². The number of aromatic nitrogens is 1. The second-order valence-corrected chi connectivity index (χ2v) is 9.58. The SMILES string of the molecule is O=C(Nc1ccc(F)cc1F)N1CCN(C(=O)c2ccc(N(c3cccc4cccnc34)S(=O)O)cc2)CC1. The molecule has 2 N–H and O–H groups in total. The van der Waals surface area contributed by atoms with Gasteiger partial charge in [0, 0.05) is 49.4 Å². The van der Waals surface area contributed by atoms with Crippen LogP contribution in [0.15, 0.2) is 79.0 Å². The predicted octanol–water partition coefficient (Wildman–Crippen LogP) is 4.78. The number of piperazine rings is 1. The molecule has 0 aliphatic carbocycles. The number of fused-ring (bicyclic) bond motifs is 1. The smallest absolute Gasteiger partial charge is 0.322 e. The molecule has 1 aliphatic heterocycles. The van der Waals surface area contributed by atoms with Gasteiger partial charge < -0.3 is 15.1 Å². The van der Waals surface area contributed by atoms with Crippen LogP contribution in [0.1, 0.15) is 10.4 Å². The maximum Gasteiger partial charge on any atom is 0.322 e. The fourth-order valence-corrected chi connectivity index (χ4v) is 5.00. The highest BCUT2D eigenvalue weighted by atomic mass is 32.2. The largest absolute Gasteiger partial charge is 0.335 e. The molecule has 9 nitrogen and oxygen atoms in total. The molecule has 2 heterocycles. The van der Waals surface area contributed by atoms with E-state index in [4.69, 9.17) is 0 Å². The number of amides is 3. The Morgan fingerprint density at radius 3 is 2.31 bits per heavy atom. The number of nitrogens with zero attached hydrogens (tertiary/aromatic N) is 4. The van der Waals surface area contributed by atoms with Crippen molar-refractivity contribution in [1.29, 1.82) is 0 Å². The summed E-state index contributed by atoms with van der Waals surface area (Å²) in [6.45, 7) is 0.969. The average Bonchev–Trinajstić information content (AvgIpc) is 2.95. The zero-order valence-corrected chi connectivity index (χ0v) is 21.3. The van der Waals surface area contributed by atoms with Crippen LogP contribution in [0.25, 0.3) is 10.9 Å². The van der Waals surface area contributed by atoms with Crippen LogP contribution in [-0.2, 0) is 11.3 Å². The molecule has 1 fully saturated rings. The molecule has 0 saturated carbocycles. The van der Waals surface area contributed by atoms with Crippen LogP contribution in [0.4, 0.5) is 30.6 Å². The third-order valence-corrected chi connectivity index (χ3v) is 7.08. The summed E-state index contributed by atoms with van der Waals surface area (Å²) >= 11 is -2.40. The molecule has 0 spiro atoms. The Labute approximate surface area is 225 Å². The quantitative estimate of drug-likeness (QED) is 0.348. The standard InChI is InChI=1S/C27H23F2N5O4S/c28-20-8-11-23(22(29)17-20)31-27(36)33-15-13-32(14-16-33)26(35)19-6-9-21(10-7-19)34(39(37)38)24-5-1-3-18-4-2-12-30-25(18)24/h1-12,17H,13-16H2,(H,31,36)(H,37,38). The van der Waals surface area contributed by atoms with Crippen molar-refractivity contribution in [3.8, 4) is 0 Å². The van der Waals surface area contributed by atoms with Crippen molar-refractivity contribution in [2.75, 3.05) is 35.8 Å². The lowest BCUT2D eigenvalue weighted by Gasteiger charge is -2.34. The van der Waals surface area contributed by atoms with Gasteiger partial charge in [-0.25, -0.2) is 22.1 Å². The summed E-state index contributed by atoms with van der Waals surface area (Å²) < 4.78 is 50.6. The highest BCUT2D eigenvalue weighted by Gasteiger charge is 2.26. The molecule has 1 aromatic heterocycles. The molecule has 5 rings (SSSR count). The lowest BCUT2D eigenvalue weighted by Crippen LogP contribution is -2.51. The molecular formula is C27H23F2N5O4S. The molecule has 1 unspecified atom stereocenters. The van der Waals surface area contributed by atoms with Crippen LogP contribution in [0.2, 0.25) is 0 Å². The van der Waals surface area contributed by atoms with Gasteiger partial charge in [0.2, 0.25) is 0 Å². The van der Waals surface area contributed by atoms with Crippen molar-refractivity contribution in [3.05, 3.63) is 96.2 Å². The maximum absolute atomic E-state index is 13.9. The zero-order valence-electron chi connectivity index (χ0n) is 20.5. The van der Waals surface area contributed by atoms with Crippen LogP contribution in [0.5, 0.6) is 0 Å². The first-order chi connectivity index (χ1) is 18.8. The van der Waals surface area contributed by atoms with E-state index in [1.54, 1.807) is 53.6 Å². The van der Waals surface area contributed by atoms with E-state index in [-0.39, 0.29) is 37.8 Å². The molecule has 1 atom stereocenters.